The van der Waals surface area contributed by atoms with E-state index in [1.54, 1.807) is 6.20 Å². The minimum atomic E-state index is -5.08. The first kappa shape index (κ1) is 30.8. The van der Waals surface area contributed by atoms with Gasteiger partial charge in [-0.05, 0) is 70.4 Å². The summed E-state index contributed by atoms with van der Waals surface area (Å²) < 4.78 is 70.7. The second-order valence-electron chi connectivity index (χ2n) is 9.01. The van der Waals surface area contributed by atoms with Crippen LogP contribution in [0.3, 0.4) is 0 Å². The minimum absolute atomic E-state index is 0.315. The largest absolute Gasteiger partial charge is 0.490 e. The van der Waals surface area contributed by atoms with Crippen LogP contribution in [0.25, 0.3) is 16.5 Å². The fourth-order valence-corrected chi connectivity index (χ4v) is 4.34. The summed E-state index contributed by atoms with van der Waals surface area (Å²) in [5, 5.41) is 18.0. The zero-order valence-corrected chi connectivity index (χ0v) is 23.1. The summed E-state index contributed by atoms with van der Waals surface area (Å²) in [6, 6.07) is 11.1. The van der Waals surface area contributed by atoms with Crippen molar-refractivity contribution in [2.24, 2.45) is 0 Å². The SMILES string of the molecule is FC(F)(F)c1ccc(CNc2nc(Nc3ccc4[nH]cc(C5=CCNCC5)c4c3)ncc2Br)cc1.O=C(O)C(F)(F)F. The molecule has 0 spiro atoms. The number of H-pyrrole nitrogens is 1. The van der Waals surface area contributed by atoms with E-state index < -0.39 is 23.9 Å². The first-order valence-electron chi connectivity index (χ1n) is 12.3. The van der Waals surface area contributed by atoms with Gasteiger partial charge in [0.15, 0.2) is 0 Å². The Kier molecular flexibility index (Phi) is 9.41. The minimum Gasteiger partial charge on any atom is -0.475 e. The van der Waals surface area contributed by atoms with Gasteiger partial charge in [-0.25, -0.2) is 9.78 Å². The summed E-state index contributed by atoms with van der Waals surface area (Å²) >= 11 is 3.43. The molecule has 15 heteroatoms. The Morgan fingerprint density at radius 1 is 1.07 bits per heavy atom. The van der Waals surface area contributed by atoms with Crippen molar-refractivity contribution < 1.29 is 36.2 Å². The van der Waals surface area contributed by atoms with Gasteiger partial charge in [-0.1, -0.05) is 18.2 Å². The van der Waals surface area contributed by atoms with Crippen LogP contribution in [0.15, 0.2) is 65.4 Å². The maximum Gasteiger partial charge on any atom is 0.490 e. The van der Waals surface area contributed by atoms with Crippen molar-refractivity contribution in [3.05, 3.63) is 82.1 Å². The number of benzene rings is 2. The molecule has 2 aromatic carbocycles. The van der Waals surface area contributed by atoms with Gasteiger partial charge in [-0.15, -0.1) is 0 Å². The molecule has 3 heterocycles. The molecule has 0 amide bonds. The molecule has 42 heavy (non-hydrogen) atoms. The van der Waals surface area contributed by atoms with Crippen LogP contribution in [0, 0.1) is 0 Å². The van der Waals surface area contributed by atoms with E-state index in [1.807, 2.05) is 18.3 Å². The molecular formula is C27H23BrF6N6O2. The average Bonchev–Trinajstić information content (AvgIpc) is 3.37. The average molecular weight is 657 g/mol. The Morgan fingerprint density at radius 3 is 2.40 bits per heavy atom. The van der Waals surface area contributed by atoms with Gasteiger partial charge >= 0.3 is 18.3 Å². The summed E-state index contributed by atoms with van der Waals surface area (Å²) in [6.07, 6.45) is -2.56. The van der Waals surface area contributed by atoms with Crippen LogP contribution in [-0.2, 0) is 17.5 Å². The number of rotatable bonds is 6. The van der Waals surface area contributed by atoms with E-state index >= 15 is 0 Å². The number of aromatic nitrogens is 3. The van der Waals surface area contributed by atoms with Crippen LogP contribution < -0.4 is 16.0 Å². The number of alkyl halides is 6. The zero-order valence-electron chi connectivity index (χ0n) is 21.5. The molecule has 0 radical (unpaired) electrons. The number of aliphatic carboxylic acids is 1. The molecule has 0 bridgehead atoms. The predicted octanol–water partition coefficient (Wildman–Crippen LogP) is 7.10. The second kappa shape index (κ2) is 12.8. The lowest BCUT2D eigenvalue weighted by Crippen LogP contribution is -2.21. The lowest BCUT2D eigenvalue weighted by atomic mass is 9.99. The van der Waals surface area contributed by atoms with Gasteiger partial charge in [0, 0.05) is 47.6 Å². The number of halogens is 7. The lowest BCUT2D eigenvalue weighted by Gasteiger charge is -2.14. The monoisotopic (exact) mass is 656 g/mol. The smallest absolute Gasteiger partial charge is 0.475 e. The highest BCUT2D eigenvalue weighted by molar-refractivity contribution is 9.10. The van der Waals surface area contributed by atoms with Crippen LogP contribution in [0.1, 0.15) is 23.1 Å². The summed E-state index contributed by atoms with van der Waals surface area (Å²) in [6.45, 7) is 2.15. The number of aromatic amines is 1. The summed E-state index contributed by atoms with van der Waals surface area (Å²) in [5.41, 5.74) is 4.46. The number of fused-ring (bicyclic) bond motifs is 1. The highest BCUT2D eigenvalue weighted by atomic mass is 79.9. The molecule has 8 nitrogen and oxygen atoms in total. The fourth-order valence-electron chi connectivity index (χ4n) is 4.01. The number of nitrogens with zero attached hydrogens (tertiary/aromatic N) is 2. The van der Waals surface area contributed by atoms with Crippen molar-refractivity contribution in [1.82, 2.24) is 20.3 Å². The third-order valence-corrected chi connectivity index (χ3v) is 6.66. The molecule has 1 aliphatic heterocycles. The normalized spacial score (nSPS) is 13.6. The van der Waals surface area contributed by atoms with E-state index in [2.05, 4.69) is 59.0 Å². The molecule has 0 saturated carbocycles. The first-order chi connectivity index (χ1) is 19.8. The van der Waals surface area contributed by atoms with E-state index in [4.69, 9.17) is 9.90 Å². The molecular weight excluding hydrogens is 634 g/mol. The van der Waals surface area contributed by atoms with Crippen molar-refractivity contribution in [2.75, 3.05) is 23.7 Å². The van der Waals surface area contributed by atoms with Gasteiger partial charge < -0.3 is 26.0 Å². The third kappa shape index (κ3) is 8.00. The van der Waals surface area contributed by atoms with Crippen molar-refractivity contribution in [2.45, 2.75) is 25.3 Å². The Bertz CT molecular complexity index is 1590. The molecule has 5 rings (SSSR count). The molecule has 222 valence electrons. The molecule has 0 unspecified atom stereocenters. The van der Waals surface area contributed by atoms with E-state index in [0.717, 1.165) is 48.2 Å². The Hall–Kier alpha value is -4.11. The quantitative estimate of drug-likeness (QED) is 0.141. The Labute approximate surface area is 243 Å². The van der Waals surface area contributed by atoms with Crippen LogP contribution in [-0.4, -0.2) is 45.3 Å². The third-order valence-electron chi connectivity index (χ3n) is 6.08. The number of nitrogens with one attached hydrogen (secondary N) is 4. The molecule has 0 atom stereocenters. The van der Waals surface area contributed by atoms with Gasteiger partial charge in [0.05, 0.1) is 10.0 Å². The molecule has 0 saturated heterocycles. The summed E-state index contributed by atoms with van der Waals surface area (Å²) in [7, 11) is 0. The van der Waals surface area contributed by atoms with Crippen LogP contribution in [0.5, 0.6) is 0 Å². The van der Waals surface area contributed by atoms with Gasteiger partial charge in [0.2, 0.25) is 5.95 Å². The van der Waals surface area contributed by atoms with Gasteiger partial charge in [0.25, 0.3) is 0 Å². The Balaban J connectivity index is 0.000000517. The number of anilines is 3. The van der Waals surface area contributed by atoms with Crippen LogP contribution >= 0.6 is 15.9 Å². The highest BCUT2D eigenvalue weighted by Gasteiger charge is 2.38. The van der Waals surface area contributed by atoms with Crippen molar-refractivity contribution >= 4 is 55.8 Å². The standard InChI is InChI=1S/C25H22BrF3N6.C2HF3O2/c26-21-14-33-24(35-23(21)32-12-15-1-3-17(4-2-15)25(27,28)29)34-18-5-6-22-19(11-18)20(13-31-22)16-7-9-30-10-8-16;3-2(4,5)1(6)7/h1-7,11,13-14,30-31H,8-10,12H2,(H2,32,33,34,35);(H,6,7). The summed E-state index contributed by atoms with van der Waals surface area (Å²) in [5.74, 6) is -1.82. The van der Waals surface area contributed by atoms with Gasteiger partial charge in [-0.3, -0.25) is 0 Å². The van der Waals surface area contributed by atoms with Gasteiger partial charge in [-0.2, -0.15) is 31.3 Å². The number of carboxylic acid groups (broad SMARTS) is 1. The number of carbonyl (C=O) groups is 1. The summed E-state index contributed by atoms with van der Waals surface area (Å²) in [4.78, 5) is 21.1. The maximum atomic E-state index is 12.8. The van der Waals surface area contributed by atoms with E-state index in [-0.39, 0.29) is 0 Å². The second-order valence-corrected chi connectivity index (χ2v) is 9.87. The molecule has 4 aromatic rings. The first-order valence-corrected chi connectivity index (χ1v) is 13.1. The zero-order chi connectivity index (χ0) is 30.5. The molecule has 2 aromatic heterocycles. The molecule has 1 aliphatic rings. The highest BCUT2D eigenvalue weighted by Crippen LogP contribution is 2.32. The Morgan fingerprint density at radius 2 is 1.79 bits per heavy atom. The number of hydrogen-bond donors (Lipinski definition) is 5. The van der Waals surface area contributed by atoms with Crippen LogP contribution in [0.2, 0.25) is 0 Å². The fraction of sp³-hybridized carbons (Fsp3) is 0.222. The van der Waals surface area contributed by atoms with E-state index in [1.165, 1.54) is 23.3 Å². The molecule has 0 aliphatic carbocycles. The number of carboxylic acids is 1. The van der Waals surface area contributed by atoms with Crippen molar-refractivity contribution in [3.8, 4) is 0 Å². The topological polar surface area (TPSA) is 115 Å². The van der Waals surface area contributed by atoms with Crippen molar-refractivity contribution in [3.63, 3.8) is 0 Å². The lowest BCUT2D eigenvalue weighted by molar-refractivity contribution is -0.192. The molecule has 5 N–H and O–H groups in total. The molecule has 0 fully saturated rings. The van der Waals surface area contributed by atoms with E-state index in [9.17, 15) is 26.3 Å². The van der Waals surface area contributed by atoms with Gasteiger partial charge in [0.1, 0.15) is 5.82 Å². The van der Waals surface area contributed by atoms with Crippen molar-refractivity contribution in [1.29, 1.82) is 0 Å². The van der Waals surface area contributed by atoms with E-state index in [0.29, 0.717) is 28.3 Å². The predicted molar refractivity (Wildman–Crippen MR) is 149 cm³/mol. The maximum absolute atomic E-state index is 12.8. The number of hydrogen-bond acceptors (Lipinski definition) is 6. The van der Waals surface area contributed by atoms with Crippen LogP contribution in [0.4, 0.5) is 43.8 Å².